The van der Waals surface area contributed by atoms with Crippen LogP contribution in [0.3, 0.4) is 0 Å². The second-order valence-electron chi connectivity index (χ2n) is 10.6. The number of carbonyl (C=O) groups is 1. The van der Waals surface area contributed by atoms with Gasteiger partial charge in [0.05, 0.1) is 27.3 Å². The molecule has 0 spiro atoms. The molecule has 0 aliphatic heterocycles. The third kappa shape index (κ3) is 5.87. The van der Waals surface area contributed by atoms with Gasteiger partial charge in [0.1, 0.15) is 0 Å². The summed E-state index contributed by atoms with van der Waals surface area (Å²) < 4.78 is 0. The fraction of sp³-hybridized carbons (Fsp3) is 0.242. The van der Waals surface area contributed by atoms with Crippen LogP contribution in [-0.2, 0) is 19.5 Å². The number of para-hydroxylation sites is 1. The van der Waals surface area contributed by atoms with Gasteiger partial charge in [0.15, 0.2) is 0 Å². The minimum absolute atomic E-state index is 0.147. The summed E-state index contributed by atoms with van der Waals surface area (Å²) in [5.41, 5.74) is 7.31. The maximum Gasteiger partial charge on any atom is 0.254 e. The van der Waals surface area contributed by atoms with Crippen LogP contribution in [0.2, 0.25) is 10.0 Å². The summed E-state index contributed by atoms with van der Waals surface area (Å²) >= 11 is 12.3. The van der Waals surface area contributed by atoms with E-state index in [0.717, 1.165) is 36.9 Å². The van der Waals surface area contributed by atoms with Crippen molar-refractivity contribution in [3.8, 4) is 0 Å². The Bertz CT molecular complexity index is 1630. The maximum absolute atomic E-state index is 12.7. The van der Waals surface area contributed by atoms with Crippen molar-refractivity contribution in [1.82, 2.24) is 25.2 Å². The number of halogens is 2. The number of aryl methyl sites for hydroxylation is 1. The number of H-pyrrole nitrogens is 1. The van der Waals surface area contributed by atoms with Gasteiger partial charge < -0.3 is 10.3 Å². The first-order chi connectivity index (χ1) is 20.0. The molecular formula is C33H31Cl2N5O. The van der Waals surface area contributed by atoms with E-state index in [2.05, 4.69) is 87.8 Å². The molecule has 2 aromatic carbocycles. The fourth-order valence-electron chi connectivity index (χ4n) is 5.80. The number of amides is 1. The SMILES string of the molecule is CC(c1cc2ccccc2[nH]1)N(Cc1ccc(CNC(=O)c2c(Cl)cncc2Cl)cc1)C1CCCc2cccnc21. The number of nitrogens with zero attached hydrogens (tertiary/aromatic N) is 3. The third-order valence-electron chi connectivity index (χ3n) is 7.99. The zero-order valence-electron chi connectivity index (χ0n) is 22.8. The van der Waals surface area contributed by atoms with E-state index in [4.69, 9.17) is 28.2 Å². The first-order valence-electron chi connectivity index (χ1n) is 13.9. The zero-order chi connectivity index (χ0) is 28.3. The van der Waals surface area contributed by atoms with E-state index in [1.807, 2.05) is 12.3 Å². The lowest BCUT2D eigenvalue weighted by Crippen LogP contribution is -2.34. The Labute approximate surface area is 249 Å². The quantitative estimate of drug-likeness (QED) is 0.195. The molecule has 2 atom stereocenters. The molecule has 0 bridgehead atoms. The number of nitrogens with one attached hydrogen (secondary N) is 2. The van der Waals surface area contributed by atoms with E-state index >= 15 is 0 Å². The molecule has 0 fully saturated rings. The highest BCUT2D eigenvalue weighted by molar-refractivity contribution is 6.39. The molecule has 2 unspecified atom stereocenters. The van der Waals surface area contributed by atoms with Crippen LogP contribution in [0.5, 0.6) is 0 Å². The molecule has 6 nitrogen and oxygen atoms in total. The number of aromatic nitrogens is 3. The smallest absolute Gasteiger partial charge is 0.254 e. The molecule has 6 rings (SSSR count). The lowest BCUT2D eigenvalue weighted by Gasteiger charge is -2.38. The molecule has 41 heavy (non-hydrogen) atoms. The standard InChI is InChI=1S/C33H31Cl2N5O/c1-21(29-16-25-6-2-3-9-28(25)39-29)40(30-10-4-7-24-8-5-15-37-32(24)30)20-23-13-11-22(12-14-23)17-38-33(41)31-26(34)18-36-19-27(31)35/h2-3,5-6,8-9,11-16,18-19,21,30,39H,4,7,10,17,20H2,1H3,(H,38,41). The Kier molecular flexibility index (Phi) is 8.06. The lowest BCUT2D eigenvalue weighted by molar-refractivity contribution is 0.0951. The predicted molar refractivity (Wildman–Crippen MR) is 164 cm³/mol. The Morgan fingerprint density at radius 1 is 1.05 bits per heavy atom. The van der Waals surface area contributed by atoms with Crippen LogP contribution < -0.4 is 5.32 Å². The molecule has 1 amide bonds. The molecule has 0 radical (unpaired) electrons. The van der Waals surface area contributed by atoms with Crippen LogP contribution in [-0.4, -0.2) is 25.8 Å². The van der Waals surface area contributed by atoms with Crippen molar-refractivity contribution in [2.45, 2.75) is 51.4 Å². The number of fused-ring (bicyclic) bond motifs is 2. The summed E-state index contributed by atoms with van der Waals surface area (Å²) in [7, 11) is 0. The molecule has 208 valence electrons. The summed E-state index contributed by atoms with van der Waals surface area (Å²) in [4.78, 5) is 27.7. The van der Waals surface area contributed by atoms with Gasteiger partial charge in [-0.25, -0.2) is 0 Å². The first kappa shape index (κ1) is 27.5. The van der Waals surface area contributed by atoms with E-state index in [1.165, 1.54) is 40.3 Å². The summed E-state index contributed by atoms with van der Waals surface area (Å²) in [6, 6.07) is 23.7. The van der Waals surface area contributed by atoms with Crippen molar-refractivity contribution in [1.29, 1.82) is 0 Å². The molecule has 8 heteroatoms. The van der Waals surface area contributed by atoms with Gasteiger partial charge in [-0.3, -0.25) is 19.7 Å². The molecular weight excluding hydrogens is 553 g/mol. The minimum Gasteiger partial charge on any atom is -0.357 e. The Hall–Kier alpha value is -3.71. The fourth-order valence-corrected chi connectivity index (χ4v) is 6.33. The van der Waals surface area contributed by atoms with Crippen molar-refractivity contribution in [2.24, 2.45) is 0 Å². The normalized spacial score (nSPS) is 15.6. The van der Waals surface area contributed by atoms with Gasteiger partial charge in [-0.1, -0.05) is 71.7 Å². The maximum atomic E-state index is 12.7. The van der Waals surface area contributed by atoms with Gasteiger partial charge in [-0.15, -0.1) is 0 Å². The van der Waals surface area contributed by atoms with E-state index in [-0.39, 0.29) is 33.6 Å². The number of rotatable bonds is 8. The van der Waals surface area contributed by atoms with Crippen LogP contribution in [0.25, 0.3) is 10.9 Å². The van der Waals surface area contributed by atoms with E-state index in [0.29, 0.717) is 6.54 Å². The molecule has 3 aromatic heterocycles. The van der Waals surface area contributed by atoms with Crippen molar-refractivity contribution in [3.63, 3.8) is 0 Å². The number of pyridine rings is 2. The van der Waals surface area contributed by atoms with Crippen LogP contribution in [0.4, 0.5) is 0 Å². The number of aromatic amines is 1. The predicted octanol–water partition coefficient (Wildman–Crippen LogP) is 7.84. The third-order valence-corrected chi connectivity index (χ3v) is 8.56. The van der Waals surface area contributed by atoms with Gasteiger partial charge in [0.2, 0.25) is 0 Å². The Morgan fingerprint density at radius 3 is 2.59 bits per heavy atom. The van der Waals surface area contributed by atoms with Gasteiger partial charge in [-0.2, -0.15) is 0 Å². The van der Waals surface area contributed by atoms with Crippen molar-refractivity contribution in [2.75, 3.05) is 0 Å². The van der Waals surface area contributed by atoms with Crippen LogP contribution >= 0.6 is 23.2 Å². The number of hydrogen-bond acceptors (Lipinski definition) is 4. The first-order valence-corrected chi connectivity index (χ1v) is 14.7. The van der Waals surface area contributed by atoms with E-state index < -0.39 is 0 Å². The number of benzene rings is 2. The topological polar surface area (TPSA) is 73.9 Å². The number of carbonyl (C=O) groups excluding carboxylic acids is 1. The molecule has 1 aliphatic carbocycles. The van der Waals surface area contributed by atoms with E-state index in [9.17, 15) is 4.79 Å². The van der Waals surface area contributed by atoms with Crippen LogP contribution in [0, 0.1) is 0 Å². The van der Waals surface area contributed by atoms with Crippen LogP contribution in [0.15, 0.2) is 85.3 Å². The average molecular weight is 585 g/mol. The highest BCUT2D eigenvalue weighted by Gasteiger charge is 2.31. The highest BCUT2D eigenvalue weighted by Crippen LogP contribution is 2.39. The summed E-state index contributed by atoms with van der Waals surface area (Å²) in [6.07, 6.45) is 8.03. The Morgan fingerprint density at radius 2 is 1.80 bits per heavy atom. The van der Waals surface area contributed by atoms with Gasteiger partial charge in [-0.05, 0) is 66.5 Å². The average Bonchev–Trinajstić information content (AvgIpc) is 3.43. The van der Waals surface area contributed by atoms with Gasteiger partial charge >= 0.3 is 0 Å². The summed E-state index contributed by atoms with van der Waals surface area (Å²) in [5.74, 6) is -0.326. The monoisotopic (exact) mass is 583 g/mol. The van der Waals surface area contributed by atoms with Crippen molar-refractivity contribution in [3.05, 3.63) is 129 Å². The summed E-state index contributed by atoms with van der Waals surface area (Å²) in [6.45, 7) is 3.41. The van der Waals surface area contributed by atoms with Crippen LogP contribution in [0.1, 0.15) is 70.3 Å². The molecule has 3 heterocycles. The van der Waals surface area contributed by atoms with Crippen molar-refractivity contribution >= 4 is 40.0 Å². The van der Waals surface area contributed by atoms with Gasteiger partial charge in [0, 0.05) is 48.9 Å². The minimum atomic E-state index is -0.326. The second-order valence-corrected chi connectivity index (χ2v) is 11.4. The zero-order valence-corrected chi connectivity index (χ0v) is 24.3. The highest BCUT2D eigenvalue weighted by atomic mass is 35.5. The molecule has 0 saturated heterocycles. The van der Waals surface area contributed by atoms with E-state index in [1.54, 1.807) is 0 Å². The molecule has 5 aromatic rings. The Balaban J connectivity index is 1.23. The molecule has 0 saturated carbocycles. The lowest BCUT2D eigenvalue weighted by atomic mass is 9.89. The van der Waals surface area contributed by atoms with Crippen molar-refractivity contribution < 1.29 is 4.79 Å². The second kappa shape index (κ2) is 12.0. The summed E-state index contributed by atoms with van der Waals surface area (Å²) in [5, 5.41) is 4.59. The van der Waals surface area contributed by atoms with Gasteiger partial charge in [0.25, 0.3) is 5.91 Å². The largest absolute Gasteiger partial charge is 0.357 e. The number of hydrogen-bond donors (Lipinski definition) is 2. The molecule has 2 N–H and O–H groups in total. The molecule has 1 aliphatic rings.